The molecule has 1 heterocycles. The second kappa shape index (κ2) is 7.18. The summed E-state index contributed by atoms with van der Waals surface area (Å²) in [5.41, 5.74) is 3.85. The average molecular weight is 347 g/mol. The van der Waals surface area contributed by atoms with Gasteiger partial charge in [-0.05, 0) is 55.5 Å². The molecule has 4 heteroatoms. The van der Waals surface area contributed by atoms with Crippen LogP contribution in [0.4, 0.5) is 0 Å². The molecule has 2 aromatic carbocycles. The first kappa shape index (κ1) is 16.6. The van der Waals surface area contributed by atoms with E-state index in [9.17, 15) is 9.90 Å². The normalized spacial score (nSPS) is 13.3. The second-order valence-electron chi connectivity index (χ2n) is 6.57. The summed E-state index contributed by atoms with van der Waals surface area (Å²) in [6.45, 7) is -0.180. The molecule has 4 nitrogen and oxygen atoms in total. The van der Waals surface area contributed by atoms with Crippen LogP contribution in [0.15, 0.2) is 59.4 Å². The summed E-state index contributed by atoms with van der Waals surface area (Å²) in [6, 6.07) is 17.0. The lowest BCUT2D eigenvalue weighted by atomic mass is 9.91. The Morgan fingerprint density at radius 3 is 2.35 bits per heavy atom. The standard InChI is InChI=1S/C22H21NO3/c24-14-20-21(22(25)18-8-4-5-9-19(18)23-20)15-10-12-17(13-11-15)26-16-6-2-1-3-7-16/h1-3,6-7,10-13,24H,4-5,8-9,14H2,(H,23,25). The van der Waals surface area contributed by atoms with E-state index in [0.29, 0.717) is 17.0 Å². The largest absolute Gasteiger partial charge is 0.457 e. The molecule has 0 spiro atoms. The third-order valence-electron chi connectivity index (χ3n) is 4.85. The number of nitrogens with one attached hydrogen (secondary N) is 1. The molecule has 0 aliphatic heterocycles. The van der Waals surface area contributed by atoms with Crippen molar-refractivity contribution < 1.29 is 9.84 Å². The van der Waals surface area contributed by atoms with Crippen LogP contribution in [-0.2, 0) is 19.4 Å². The lowest BCUT2D eigenvalue weighted by Gasteiger charge is -2.19. The number of rotatable bonds is 4. The van der Waals surface area contributed by atoms with Crippen molar-refractivity contribution in [2.75, 3.05) is 0 Å². The zero-order valence-electron chi connectivity index (χ0n) is 14.5. The molecule has 3 aromatic rings. The Labute approximate surface area is 152 Å². The smallest absolute Gasteiger partial charge is 0.193 e. The number of aliphatic hydroxyl groups is 1. The maximum Gasteiger partial charge on any atom is 0.193 e. The van der Waals surface area contributed by atoms with Crippen molar-refractivity contribution >= 4 is 0 Å². The molecule has 0 bridgehead atoms. The fourth-order valence-corrected chi connectivity index (χ4v) is 3.56. The Morgan fingerprint density at radius 2 is 1.62 bits per heavy atom. The van der Waals surface area contributed by atoms with Gasteiger partial charge in [0.05, 0.1) is 17.9 Å². The van der Waals surface area contributed by atoms with Gasteiger partial charge in [0.15, 0.2) is 5.43 Å². The highest BCUT2D eigenvalue weighted by Gasteiger charge is 2.20. The van der Waals surface area contributed by atoms with Crippen LogP contribution in [0.5, 0.6) is 11.5 Å². The van der Waals surface area contributed by atoms with Crippen LogP contribution in [0.25, 0.3) is 11.1 Å². The van der Waals surface area contributed by atoms with Crippen molar-refractivity contribution in [1.82, 2.24) is 4.98 Å². The summed E-state index contributed by atoms with van der Waals surface area (Å²) in [6.07, 6.45) is 3.80. The number of aromatic nitrogens is 1. The third kappa shape index (κ3) is 3.16. The highest BCUT2D eigenvalue weighted by Crippen LogP contribution is 2.28. The van der Waals surface area contributed by atoms with Gasteiger partial charge >= 0.3 is 0 Å². The Kier molecular flexibility index (Phi) is 4.59. The molecule has 132 valence electrons. The predicted molar refractivity (Wildman–Crippen MR) is 102 cm³/mol. The molecule has 1 aliphatic carbocycles. The van der Waals surface area contributed by atoms with Crippen LogP contribution in [-0.4, -0.2) is 10.1 Å². The van der Waals surface area contributed by atoms with Crippen LogP contribution >= 0.6 is 0 Å². The summed E-state index contributed by atoms with van der Waals surface area (Å²) >= 11 is 0. The number of benzene rings is 2. The minimum atomic E-state index is -0.180. The number of hydrogen-bond acceptors (Lipinski definition) is 3. The molecule has 0 atom stereocenters. The van der Waals surface area contributed by atoms with Crippen LogP contribution in [0.2, 0.25) is 0 Å². The molecule has 1 aromatic heterocycles. The molecular formula is C22H21NO3. The van der Waals surface area contributed by atoms with Crippen molar-refractivity contribution in [2.24, 2.45) is 0 Å². The Balaban J connectivity index is 1.70. The number of fused-ring (bicyclic) bond motifs is 1. The molecule has 2 N–H and O–H groups in total. The van der Waals surface area contributed by atoms with Crippen LogP contribution in [0.3, 0.4) is 0 Å². The highest BCUT2D eigenvalue weighted by atomic mass is 16.5. The zero-order valence-corrected chi connectivity index (χ0v) is 14.5. The van der Waals surface area contributed by atoms with E-state index in [1.807, 2.05) is 54.6 Å². The van der Waals surface area contributed by atoms with Gasteiger partial charge in [0.25, 0.3) is 0 Å². The fourth-order valence-electron chi connectivity index (χ4n) is 3.56. The molecule has 0 saturated carbocycles. The van der Waals surface area contributed by atoms with Crippen LogP contribution in [0, 0.1) is 0 Å². The van der Waals surface area contributed by atoms with Crippen LogP contribution < -0.4 is 10.2 Å². The topological polar surface area (TPSA) is 62.3 Å². The molecular weight excluding hydrogens is 326 g/mol. The lowest BCUT2D eigenvalue weighted by molar-refractivity contribution is 0.277. The molecule has 0 fully saturated rings. The monoisotopic (exact) mass is 347 g/mol. The predicted octanol–water partition coefficient (Wildman–Crippen LogP) is 4.21. The minimum absolute atomic E-state index is 0.0410. The molecule has 26 heavy (non-hydrogen) atoms. The van der Waals surface area contributed by atoms with Crippen molar-refractivity contribution in [2.45, 2.75) is 32.3 Å². The van der Waals surface area contributed by atoms with Gasteiger partial charge < -0.3 is 14.8 Å². The highest BCUT2D eigenvalue weighted by molar-refractivity contribution is 5.68. The summed E-state index contributed by atoms with van der Waals surface area (Å²) in [7, 11) is 0. The van der Waals surface area contributed by atoms with Crippen molar-refractivity contribution in [1.29, 1.82) is 0 Å². The second-order valence-corrected chi connectivity index (χ2v) is 6.57. The summed E-state index contributed by atoms with van der Waals surface area (Å²) < 4.78 is 5.81. The zero-order chi connectivity index (χ0) is 17.9. The van der Waals surface area contributed by atoms with Gasteiger partial charge in [-0.15, -0.1) is 0 Å². The summed E-state index contributed by atoms with van der Waals surface area (Å²) in [4.78, 5) is 16.3. The number of para-hydroxylation sites is 1. The molecule has 4 rings (SSSR count). The molecule has 1 aliphatic rings. The number of ether oxygens (including phenoxy) is 1. The van der Waals surface area contributed by atoms with Crippen molar-refractivity contribution in [3.05, 3.63) is 81.8 Å². The van der Waals surface area contributed by atoms with Crippen molar-refractivity contribution in [3.63, 3.8) is 0 Å². The van der Waals surface area contributed by atoms with Gasteiger partial charge in [0, 0.05) is 11.3 Å². The van der Waals surface area contributed by atoms with E-state index in [0.717, 1.165) is 48.3 Å². The lowest BCUT2D eigenvalue weighted by Crippen LogP contribution is -2.22. The van der Waals surface area contributed by atoms with E-state index in [1.54, 1.807) is 0 Å². The van der Waals surface area contributed by atoms with Gasteiger partial charge in [0.1, 0.15) is 11.5 Å². The van der Waals surface area contributed by atoms with Crippen molar-refractivity contribution in [3.8, 4) is 22.6 Å². The Bertz CT molecular complexity index is 959. The van der Waals surface area contributed by atoms with E-state index in [2.05, 4.69) is 4.98 Å². The van der Waals surface area contributed by atoms with Crippen LogP contribution in [0.1, 0.15) is 29.8 Å². The molecule has 0 unspecified atom stereocenters. The van der Waals surface area contributed by atoms with Gasteiger partial charge in [-0.2, -0.15) is 0 Å². The fraction of sp³-hybridized carbons (Fsp3) is 0.227. The number of hydrogen-bond donors (Lipinski definition) is 2. The first-order valence-corrected chi connectivity index (χ1v) is 8.97. The number of aliphatic hydroxyl groups excluding tert-OH is 1. The van der Waals surface area contributed by atoms with Gasteiger partial charge in [-0.25, -0.2) is 0 Å². The number of aromatic amines is 1. The van der Waals surface area contributed by atoms with E-state index in [1.165, 1.54) is 0 Å². The molecule has 0 radical (unpaired) electrons. The number of aryl methyl sites for hydroxylation is 1. The van der Waals surface area contributed by atoms with E-state index < -0.39 is 0 Å². The van der Waals surface area contributed by atoms with Gasteiger partial charge in [-0.3, -0.25) is 4.79 Å². The van der Waals surface area contributed by atoms with Gasteiger partial charge in [-0.1, -0.05) is 30.3 Å². The maximum absolute atomic E-state index is 13.0. The number of pyridine rings is 1. The van der Waals surface area contributed by atoms with E-state index in [4.69, 9.17) is 4.74 Å². The average Bonchev–Trinajstić information content (AvgIpc) is 2.69. The first-order chi connectivity index (χ1) is 12.8. The maximum atomic E-state index is 13.0. The minimum Gasteiger partial charge on any atom is -0.457 e. The molecule has 0 saturated heterocycles. The quantitative estimate of drug-likeness (QED) is 0.743. The van der Waals surface area contributed by atoms with E-state index >= 15 is 0 Å². The van der Waals surface area contributed by atoms with Gasteiger partial charge in [0.2, 0.25) is 0 Å². The first-order valence-electron chi connectivity index (χ1n) is 8.97. The van der Waals surface area contributed by atoms with E-state index in [-0.39, 0.29) is 12.0 Å². The summed E-state index contributed by atoms with van der Waals surface area (Å²) in [5.74, 6) is 1.47. The summed E-state index contributed by atoms with van der Waals surface area (Å²) in [5, 5.41) is 9.76. The molecule has 0 amide bonds. The Hall–Kier alpha value is -2.85. The number of H-pyrrole nitrogens is 1. The Morgan fingerprint density at radius 1 is 0.923 bits per heavy atom. The third-order valence-corrected chi connectivity index (χ3v) is 4.85. The SMILES string of the molecule is O=c1c2c([nH]c(CO)c1-c1ccc(Oc3ccccc3)cc1)CCCC2.